The zero-order valence-electron chi connectivity index (χ0n) is 9.63. The van der Waals surface area contributed by atoms with Gasteiger partial charge in [0.15, 0.2) is 0 Å². The summed E-state index contributed by atoms with van der Waals surface area (Å²) in [5.74, 6) is -1.61. The maximum absolute atomic E-state index is 12.6. The molecule has 0 heterocycles. The van der Waals surface area contributed by atoms with Gasteiger partial charge in [-0.1, -0.05) is 18.2 Å². The summed E-state index contributed by atoms with van der Waals surface area (Å²) >= 11 is 0. The predicted molar refractivity (Wildman–Crippen MR) is 64.8 cm³/mol. The van der Waals surface area contributed by atoms with Crippen molar-refractivity contribution in [1.29, 1.82) is 0 Å². The Morgan fingerprint density at radius 2 is 1.94 bits per heavy atom. The molecule has 1 aromatic carbocycles. The van der Waals surface area contributed by atoms with Crippen molar-refractivity contribution < 1.29 is 21.8 Å². The number of carbonyl (C=O) groups is 1. The van der Waals surface area contributed by atoms with Crippen LogP contribution < -0.4 is 0 Å². The molecule has 1 rings (SSSR count). The van der Waals surface area contributed by atoms with Gasteiger partial charge in [-0.2, -0.15) is 8.42 Å². The van der Waals surface area contributed by atoms with E-state index in [4.69, 9.17) is 0 Å². The van der Waals surface area contributed by atoms with Gasteiger partial charge in [-0.15, -0.1) is 6.58 Å². The van der Waals surface area contributed by atoms with E-state index < -0.39 is 21.8 Å². The Morgan fingerprint density at radius 3 is 2.50 bits per heavy atom. The van der Waals surface area contributed by atoms with Crippen LogP contribution in [-0.2, 0) is 25.5 Å². The minimum atomic E-state index is -3.87. The summed E-state index contributed by atoms with van der Waals surface area (Å²) in [6, 6.07) is 5.60. The molecule has 98 valence electrons. The zero-order valence-corrected chi connectivity index (χ0v) is 10.5. The van der Waals surface area contributed by atoms with Crippen LogP contribution in [0, 0.1) is 5.82 Å². The van der Waals surface area contributed by atoms with Gasteiger partial charge in [0.2, 0.25) is 0 Å². The van der Waals surface area contributed by atoms with Gasteiger partial charge in [0.25, 0.3) is 0 Å². The lowest BCUT2D eigenvalue weighted by atomic mass is 10.1. The summed E-state index contributed by atoms with van der Waals surface area (Å²) in [7, 11) is -3.87. The van der Waals surface area contributed by atoms with Crippen LogP contribution in [0.15, 0.2) is 36.9 Å². The summed E-state index contributed by atoms with van der Waals surface area (Å²) in [5.41, 5.74) is 0.731. The van der Waals surface area contributed by atoms with Crippen molar-refractivity contribution in [2.24, 2.45) is 0 Å². The van der Waals surface area contributed by atoms with E-state index in [2.05, 4.69) is 10.8 Å². The van der Waals surface area contributed by atoms with Crippen molar-refractivity contribution in [3.8, 4) is 0 Å². The lowest BCUT2D eigenvalue weighted by Gasteiger charge is -2.03. The molecule has 4 nitrogen and oxygen atoms in total. The van der Waals surface area contributed by atoms with Crippen LogP contribution in [0.3, 0.4) is 0 Å². The quantitative estimate of drug-likeness (QED) is 0.585. The first-order valence-electron chi connectivity index (χ1n) is 5.23. The monoisotopic (exact) mass is 272 g/mol. The lowest BCUT2D eigenvalue weighted by Crippen LogP contribution is -2.15. The largest absolute Gasteiger partial charge is 0.345 e. The average Bonchev–Trinajstić information content (AvgIpc) is 2.27. The highest BCUT2D eigenvalue weighted by Gasteiger charge is 2.15. The fraction of sp³-hybridized carbons (Fsp3) is 0.250. The molecule has 0 spiro atoms. The summed E-state index contributed by atoms with van der Waals surface area (Å²) in [6.45, 7) is 3.25. The minimum Gasteiger partial charge on any atom is -0.345 e. The molecular weight excluding hydrogens is 259 g/mol. The van der Waals surface area contributed by atoms with Crippen LogP contribution in [0.4, 0.5) is 4.39 Å². The predicted octanol–water partition coefficient (Wildman–Crippen LogP) is 1.82. The Kier molecular flexibility index (Phi) is 5.03. The molecule has 0 radical (unpaired) electrons. The van der Waals surface area contributed by atoms with Crippen LogP contribution in [0.25, 0.3) is 0 Å². The van der Waals surface area contributed by atoms with Gasteiger partial charge in [-0.25, -0.2) is 4.39 Å². The lowest BCUT2D eigenvalue weighted by molar-refractivity contribution is -0.133. The molecule has 0 aliphatic carbocycles. The maximum atomic E-state index is 12.6. The average molecular weight is 272 g/mol. The van der Waals surface area contributed by atoms with Crippen molar-refractivity contribution in [2.75, 3.05) is 5.75 Å². The molecule has 0 N–H and O–H groups in total. The summed E-state index contributed by atoms with van der Waals surface area (Å²) in [6.07, 6.45) is 1.35. The van der Waals surface area contributed by atoms with Crippen LogP contribution in [0.5, 0.6) is 0 Å². The van der Waals surface area contributed by atoms with E-state index in [0.717, 1.165) is 11.6 Å². The van der Waals surface area contributed by atoms with Gasteiger partial charge in [0, 0.05) is 0 Å². The van der Waals surface area contributed by atoms with E-state index in [1.807, 2.05) is 0 Å². The summed E-state index contributed by atoms with van der Waals surface area (Å²) < 4.78 is 39.2. The van der Waals surface area contributed by atoms with E-state index in [-0.39, 0.29) is 12.2 Å². The number of benzene rings is 1. The molecule has 0 bridgehead atoms. The second-order valence-corrected chi connectivity index (χ2v) is 5.21. The van der Waals surface area contributed by atoms with E-state index in [9.17, 15) is 17.6 Å². The molecule has 0 saturated carbocycles. The van der Waals surface area contributed by atoms with E-state index in [1.165, 1.54) is 24.3 Å². The number of carbonyl (C=O) groups excluding carboxylic acids is 1. The van der Waals surface area contributed by atoms with Crippen LogP contribution in [0.2, 0.25) is 0 Å². The summed E-state index contributed by atoms with van der Waals surface area (Å²) in [5, 5.41) is 0. The van der Waals surface area contributed by atoms with Crippen molar-refractivity contribution in [3.05, 3.63) is 48.3 Å². The number of halogens is 1. The highest BCUT2D eigenvalue weighted by Crippen LogP contribution is 2.07. The molecule has 0 unspecified atom stereocenters. The highest BCUT2D eigenvalue weighted by atomic mass is 32.2. The third kappa shape index (κ3) is 5.09. The second kappa shape index (κ2) is 6.30. The first-order valence-corrected chi connectivity index (χ1v) is 6.81. The molecule has 0 fully saturated rings. The van der Waals surface area contributed by atoms with Gasteiger partial charge < -0.3 is 4.18 Å². The first kappa shape index (κ1) is 14.4. The van der Waals surface area contributed by atoms with Crippen molar-refractivity contribution in [1.82, 2.24) is 0 Å². The summed E-state index contributed by atoms with van der Waals surface area (Å²) in [4.78, 5) is 11.3. The number of hydrogen-bond donors (Lipinski definition) is 0. The Hall–Kier alpha value is -1.69. The first-order chi connectivity index (χ1) is 8.43. The fourth-order valence-electron chi connectivity index (χ4n) is 1.26. The van der Waals surface area contributed by atoms with E-state index >= 15 is 0 Å². The second-order valence-electron chi connectivity index (χ2n) is 3.59. The molecule has 0 amide bonds. The highest BCUT2D eigenvalue weighted by molar-refractivity contribution is 7.87. The smallest absolute Gasteiger partial charge is 0.322 e. The van der Waals surface area contributed by atoms with Crippen LogP contribution >= 0.6 is 0 Å². The molecule has 0 atom stereocenters. The molecule has 1 aromatic rings. The Morgan fingerprint density at radius 1 is 1.33 bits per heavy atom. The molecule has 0 aliphatic rings. The van der Waals surface area contributed by atoms with Gasteiger partial charge in [-0.05, 0) is 24.1 Å². The molecular formula is C12H13FO4S. The molecule has 0 saturated heterocycles. The molecule has 0 aliphatic heterocycles. The normalized spacial score (nSPS) is 10.9. The van der Waals surface area contributed by atoms with Crippen LogP contribution in [0.1, 0.15) is 12.0 Å². The number of aryl methyl sites for hydroxylation is 1. The topological polar surface area (TPSA) is 60.4 Å². The van der Waals surface area contributed by atoms with Crippen molar-refractivity contribution in [3.63, 3.8) is 0 Å². The molecule has 6 heteroatoms. The van der Waals surface area contributed by atoms with Gasteiger partial charge in [0.1, 0.15) is 11.6 Å². The Balaban J connectivity index is 2.47. The van der Waals surface area contributed by atoms with E-state index in [1.54, 1.807) is 0 Å². The zero-order chi connectivity index (χ0) is 13.6. The standard InChI is InChI=1S/C12H13FO4S/c1-2-9-18(15,16)17-12(14)8-5-10-3-6-11(13)7-4-10/h2-4,6-7H,1,5,8-9H2. The van der Waals surface area contributed by atoms with Gasteiger partial charge in [-0.3, -0.25) is 4.79 Å². The van der Waals surface area contributed by atoms with Gasteiger partial charge in [0.05, 0.1) is 6.42 Å². The molecule has 0 aromatic heterocycles. The van der Waals surface area contributed by atoms with Crippen molar-refractivity contribution in [2.45, 2.75) is 12.8 Å². The maximum Gasteiger partial charge on any atom is 0.322 e. The fourth-order valence-corrected chi connectivity index (χ4v) is 1.98. The number of rotatable bonds is 6. The molecule has 18 heavy (non-hydrogen) atoms. The number of hydrogen-bond acceptors (Lipinski definition) is 4. The van der Waals surface area contributed by atoms with Gasteiger partial charge >= 0.3 is 16.1 Å². The van der Waals surface area contributed by atoms with E-state index in [0.29, 0.717) is 6.42 Å². The van der Waals surface area contributed by atoms with Crippen molar-refractivity contribution >= 4 is 16.1 Å². The Labute approximate surface area is 105 Å². The Bertz CT molecular complexity index is 520. The van der Waals surface area contributed by atoms with Crippen LogP contribution in [-0.4, -0.2) is 20.1 Å². The third-order valence-electron chi connectivity index (χ3n) is 2.07. The minimum absolute atomic E-state index is 0.0813. The SMILES string of the molecule is C=CCS(=O)(=O)OC(=O)CCc1ccc(F)cc1. The third-order valence-corrected chi connectivity index (χ3v) is 3.16.